The molecular formula is C53H100NO8P. The van der Waals surface area contributed by atoms with Crippen LogP contribution in [-0.2, 0) is 32.7 Å². The third-order valence-corrected chi connectivity index (χ3v) is 12.4. The van der Waals surface area contributed by atoms with E-state index in [0.717, 1.165) is 51.4 Å². The summed E-state index contributed by atoms with van der Waals surface area (Å²) in [6.07, 6.45) is 53.2. The van der Waals surface area contributed by atoms with Gasteiger partial charge in [-0.25, -0.2) is 0 Å². The molecule has 2 unspecified atom stereocenters. The molecule has 0 aliphatic rings. The predicted molar refractivity (Wildman–Crippen MR) is 264 cm³/mol. The van der Waals surface area contributed by atoms with Gasteiger partial charge in [0, 0.05) is 12.8 Å². The van der Waals surface area contributed by atoms with Gasteiger partial charge in [-0.3, -0.25) is 14.2 Å². The van der Waals surface area contributed by atoms with Crippen molar-refractivity contribution in [3.63, 3.8) is 0 Å². The lowest BCUT2D eigenvalue weighted by Gasteiger charge is -2.28. The van der Waals surface area contributed by atoms with Crippen LogP contribution in [0.15, 0.2) is 36.5 Å². The molecule has 0 N–H and O–H groups in total. The molecule has 10 heteroatoms. The number of rotatable bonds is 48. The van der Waals surface area contributed by atoms with Crippen LogP contribution in [0.25, 0.3) is 0 Å². The Kier molecular flexibility index (Phi) is 44.1. The third kappa shape index (κ3) is 49.5. The number of esters is 2. The van der Waals surface area contributed by atoms with Crippen LogP contribution in [0.5, 0.6) is 0 Å². The predicted octanol–water partition coefficient (Wildman–Crippen LogP) is 15.0. The quantitative estimate of drug-likeness (QED) is 0.0195. The van der Waals surface area contributed by atoms with E-state index in [-0.39, 0.29) is 32.0 Å². The number of allylic oxidation sites excluding steroid dienone is 6. The molecule has 9 nitrogen and oxygen atoms in total. The van der Waals surface area contributed by atoms with Gasteiger partial charge < -0.3 is 27.9 Å². The number of likely N-dealkylation sites (N-methyl/N-ethyl adjacent to an activating group) is 1. The zero-order chi connectivity index (χ0) is 46.4. The lowest BCUT2D eigenvalue weighted by molar-refractivity contribution is -0.870. The van der Waals surface area contributed by atoms with Gasteiger partial charge in [0.25, 0.3) is 7.82 Å². The molecule has 0 spiro atoms. The maximum atomic E-state index is 12.7. The van der Waals surface area contributed by atoms with E-state index in [0.29, 0.717) is 17.4 Å². The van der Waals surface area contributed by atoms with Crippen molar-refractivity contribution < 1.29 is 42.1 Å². The number of nitrogens with zero attached hydrogens (tertiary/aromatic N) is 1. The van der Waals surface area contributed by atoms with Crippen LogP contribution in [0.2, 0.25) is 0 Å². The fourth-order valence-electron chi connectivity index (χ4n) is 7.31. The van der Waals surface area contributed by atoms with Crippen LogP contribution in [-0.4, -0.2) is 70.0 Å². The van der Waals surface area contributed by atoms with Gasteiger partial charge in [-0.05, 0) is 51.4 Å². The summed E-state index contributed by atoms with van der Waals surface area (Å²) < 4.78 is 34.0. The Hall–Kier alpha value is -1.77. The van der Waals surface area contributed by atoms with Crippen molar-refractivity contribution in [2.24, 2.45) is 0 Å². The molecule has 0 amide bonds. The van der Waals surface area contributed by atoms with Crippen molar-refractivity contribution in [2.75, 3.05) is 47.5 Å². The summed E-state index contributed by atoms with van der Waals surface area (Å²) in [7, 11) is 1.17. The van der Waals surface area contributed by atoms with Crippen LogP contribution in [0.3, 0.4) is 0 Å². The molecule has 0 aliphatic heterocycles. The summed E-state index contributed by atoms with van der Waals surface area (Å²) >= 11 is 0. The summed E-state index contributed by atoms with van der Waals surface area (Å²) in [4.78, 5) is 37.7. The minimum Gasteiger partial charge on any atom is -0.756 e. The zero-order valence-corrected chi connectivity index (χ0v) is 42.7. The highest BCUT2D eigenvalue weighted by atomic mass is 31.2. The summed E-state index contributed by atoms with van der Waals surface area (Å²) in [6.45, 7) is 4.24. The van der Waals surface area contributed by atoms with E-state index in [1.165, 1.54) is 154 Å². The van der Waals surface area contributed by atoms with E-state index in [1.807, 2.05) is 21.1 Å². The summed E-state index contributed by atoms with van der Waals surface area (Å²) in [6, 6.07) is 0. The van der Waals surface area contributed by atoms with E-state index in [9.17, 15) is 19.0 Å². The first kappa shape index (κ1) is 61.2. The van der Waals surface area contributed by atoms with Gasteiger partial charge in [-0.1, -0.05) is 211 Å². The summed E-state index contributed by atoms with van der Waals surface area (Å²) in [5.74, 6) is -0.828. The zero-order valence-electron chi connectivity index (χ0n) is 41.8. The minimum atomic E-state index is -4.63. The Bertz CT molecular complexity index is 1170. The SMILES string of the molecule is CCCCCCC/C=C\C/C=C\C/C=C\CCCCCCCCCCCCCCC(=O)OC(COC(=O)CCCCCCCCCCCCCC)COP(=O)([O-])OCC[N+](C)(C)C. The maximum Gasteiger partial charge on any atom is 0.306 e. The monoisotopic (exact) mass is 910 g/mol. The van der Waals surface area contributed by atoms with Crippen LogP contribution < -0.4 is 4.89 Å². The van der Waals surface area contributed by atoms with Gasteiger partial charge in [0.1, 0.15) is 19.8 Å². The van der Waals surface area contributed by atoms with Crippen LogP contribution in [0.4, 0.5) is 0 Å². The van der Waals surface area contributed by atoms with Gasteiger partial charge in [-0.15, -0.1) is 0 Å². The average Bonchev–Trinajstić information content (AvgIpc) is 3.24. The highest BCUT2D eigenvalue weighted by molar-refractivity contribution is 7.45. The fourth-order valence-corrected chi connectivity index (χ4v) is 8.04. The number of unbranched alkanes of at least 4 members (excludes halogenated alkanes) is 28. The van der Waals surface area contributed by atoms with Gasteiger partial charge >= 0.3 is 11.9 Å². The van der Waals surface area contributed by atoms with Gasteiger partial charge in [0.15, 0.2) is 6.10 Å². The van der Waals surface area contributed by atoms with Crippen molar-refractivity contribution in [1.29, 1.82) is 0 Å². The molecule has 2 atom stereocenters. The normalized spacial score (nSPS) is 13.7. The minimum absolute atomic E-state index is 0.0298. The molecule has 0 aromatic rings. The standard InChI is InChI=1S/C53H100NO8P/c1-6-8-10-12-14-16-18-20-21-22-23-24-25-26-27-28-29-30-31-32-33-34-36-38-40-42-44-46-53(56)62-51(50-61-63(57,58)60-48-47-54(3,4)5)49-59-52(55)45-43-41-39-37-35-19-17-15-13-11-9-7-2/h18,20,22-23,25-26,51H,6-17,19,21,24,27-50H2,1-5H3/b20-18-,23-22-,26-25-. The molecule has 370 valence electrons. The average molecular weight is 910 g/mol. The van der Waals surface area contributed by atoms with Gasteiger partial charge in [-0.2, -0.15) is 0 Å². The Morgan fingerprint density at radius 3 is 1.27 bits per heavy atom. The molecule has 0 saturated heterocycles. The number of hydrogen-bond donors (Lipinski definition) is 0. The molecule has 0 bridgehead atoms. The van der Waals surface area contributed by atoms with Crippen LogP contribution >= 0.6 is 7.82 Å². The number of quaternary nitrogens is 1. The molecular weight excluding hydrogens is 810 g/mol. The van der Waals surface area contributed by atoms with Crippen LogP contribution in [0.1, 0.15) is 239 Å². The first-order chi connectivity index (χ1) is 30.5. The number of phosphoric acid groups is 1. The van der Waals surface area contributed by atoms with E-state index >= 15 is 0 Å². The van der Waals surface area contributed by atoms with Gasteiger partial charge in [0.2, 0.25) is 0 Å². The van der Waals surface area contributed by atoms with Crippen molar-refractivity contribution in [2.45, 2.75) is 245 Å². The molecule has 0 aliphatic carbocycles. The Morgan fingerprint density at radius 2 is 0.857 bits per heavy atom. The highest BCUT2D eigenvalue weighted by Crippen LogP contribution is 2.38. The molecule has 0 radical (unpaired) electrons. The fraction of sp³-hybridized carbons (Fsp3) is 0.849. The van der Waals surface area contributed by atoms with Gasteiger partial charge in [0.05, 0.1) is 27.7 Å². The maximum absolute atomic E-state index is 12.7. The Balaban J connectivity index is 4.14. The van der Waals surface area contributed by atoms with E-state index in [1.54, 1.807) is 0 Å². The first-order valence-corrected chi connectivity index (χ1v) is 27.7. The lowest BCUT2D eigenvalue weighted by Crippen LogP contribution is -2.37. The molecule has 0 fully saturated rings. The first-order valence-electron chi connectivity index (χ1n) is 26.2. The number of phosphoric ester groups is 1. The molecule has 0 rings (SSSR count). The van der Waals surface area contributed by atoms with E-state index in [2.05, 4.69) is 50.3 Å². The number of carbonyl (C=O) groups is 2. The topological polar surface area (TPSA) is 111 Å². The largest absolute Gasteiger partial charge is 0.756 e. The Labute approximate surface area is 389 Å². The van der Waals surface area contributed by atoms with Crippen LogP contribution in [0, 0.1) is 0 Å². The molecule has 0 saturated carbocycles. The van der Waals surface area contributed by atoms with Crippen molar-refractivity contribution >= 4 is 19.8 Å². The van der Waals surface area contributed by atoms with E-state index in [4.69, 9.17) is 18.5 Å². The third-order valence-electron chi connectivity index (χ3n) is 11.4. The number of ether oxygens (including phenoxy) is 2. The highest BCUT2D eigenvalue weighted by Gasteiger charge is 2.21. The van der Waals surface area contributed by atoms with Crippen molar-refractivity contribution in [3.8, 4) is 0 Å². The second-order valence-electron chi connectivity index (χ2n) is 18.9. The second-order valence-corrected chi connectivity index (χ2v) is 20.3. The summed E-state index contributed by atoms with van der Waals surface area (Å²) in [5.41, 5.74) is 0. The van der Waals surface area contributed by atoms with Crippen molar-refractivity contribution in [3.05, 3.63) is 36.5 Å². The Morgan fingerprint density at radius 1 is 0.492 bits per heavy atom. The second kappa shape index (κ2) is 45.4. The molecule has 0 aromatic heterocycles. The smallest absolute Gasteiger partial charge is 0.306 e. The summed E-state index contributed by atoms with van der Waals surface area (Å²) in [5, 5.41) is 0. The van der Waals surface area contributed by atoms with Crippen molar-refractivity contribution in [1.82, 2.24) is 0 Å². The molecule has 0 heterocycles. The number of hydrogen-bond acceptors (Lipinski definition) is 8. The van der Waals surface area contributed by atoms with E-state index < -0.39 is 26.5 Å². The number of carbonyl (C=O) groups excluding carboxylic acids is 2. The molecule has 63 heavy (non-hydrogen) atoms. The molecule has 0 aromatic carbocycles. The lowest BCUT2D eigenvalue weighted by atomic mass is 10.0.